The molecule has 0 aromatic heterocycles. The van der Waals surface area contributed by atoms with Gasteiger partial charge in [-0.2, -0.15) is 8.42 Å². The molecule has 6 rings (SSSR count). The zero-order valence-corrected chi connectivity index (χ0v) is 23.8. The smallest absolute Gasteiger partial charge is 0.397 e. The Kier molecular flexibility index (Phi) is 6.28. The number of rotatable bonds is 5. The first kappa shape index (κ1) is 27.8. The van der Waals surface area contributed by atoms with E-state index in [-0.39, 0.29) is 54.2 Å². The molecule has 4 aliphatic carbocycles. The van der Waals surface area contributed by atoms with Crippen molar-refractivity contribution in [3.05, 3.63) is 11.1 Å². The van der Waals surface area contributed by atoms with Crippen LogP contribution in [0.1, 0.15) is 72.6 Å². The zero-order chi connectivity index (χ0) is 28.3. The van der Waals surface area contributed by atoms with Crippen LogP contribution in [0, 0.1) is 40.4 Å². The van der Waals surface area contributed by atoms with Crippen molar-refractivity contribution >= 4 is 22.2 Å². The molecule has 4 saturated carbocycles. The number of ketones is 1. The average Bonchev–Trinajstić information content (AvgIpc) is 3.48. The third-order valence-electron chi connectivity index (χ3n) is 12.2. The summed E-state index contributed by atoms with van der Waals surface area (Å²) in [6.45, 7) is 7.98. The number of fused-ring (bicyclic) bond motifs is 4. The van der Waals surface area contributed by atoms with E-state index < -0.39 is 39.6 Å². The van der Waals surface area contributed by atoms with Crippen molar-refractivity contribution in [1.29, 1.82) is 0 Å². The highest BCUT2D eigenvalue weighted by molar-refractivity contribution is 7.80. The highest BCUT2D eigenvalue weighted by atomic mass is 32.3. The first-order chi connectivity index (χ1) is 18.2. The van der Waals surface area contributed by atoms with Gasteiger partial charge in [0.1, 0.15) is 29.7 Å². The van der Waals surface area contributed by atoms with Crippen LogP contribution < -0.4 is 0 Å². The molecule has 0 unspecified atom stereocenters. The number of epoxide rings is 1. The van der Waals surface area contributed by atoms with Crippen LogP contribution in [0.5, 0.6) is 0 Å². The summed E-state index contributed by atoms with van der Waals surface area (Å²) in [4.78, 5) is 26.2. The molecule has 0 amide bonds. The Morgan fingerprint density at radius 1 is 1.13 bits per heavy atom. The second kappa shape index (κ2) is 8.82. The highest BCUT2D eigenvalue weighted by Crippen LogP contribution is 2.73. The first-order valence-electron chi connectivity index (χ1n) is 14.2. The normalized spacial score (nSPS) is 49.9. The SMILES string of the molecule is CC1=C(CO)C(=O)O[C@@H]([C@@H](C)[C@H]2CC[C@H]3[C@@H]4C[C@H]5O[C@]56[C@@H](O)[C@@H](OS(=O)(=O)O)CC(=O)[C@]6(C)[C@H]4CC[C@]23C)C1. The Hall–Kier alpha value is -1.37. The molecule has 2 aliphatic heterocycles. The third kappa shape index (κ3) is 3.72. The Balaban J connectivity index is 1.25. The summed E-state index contributed by atoms with van der Waals surface area (Å²) in [5.74, 6) is 0.437. The number of esters is 1. The number of hydrogen-bond donors (Lipinski definition) is 3. The molecule has 2 heterocycles. The van der Waals surface area contributed by atoms with Crippen molar-refractivity contribution in [1.82, 2.24) is 0 Å². The standard InChI is InChI=1S/C28H40O10S/c1-13-9-20(36-25(32)16(13)12-29)14(2)17-5-6-18-15-10-23-28(37-23)24(31)21(38-39(33,34)35)11-22(30)27(28,4)19(15)7-8-26(17,18)3/h14-15,17-21,23-24,29,31H,5-12H2,1-4H3,(H,33,34,35)/t14-,15-,17+,18-,19-,20+,21-,23+,24-,26+,27-,28-/m0/s1. The van der Waals surface area contributed by atoms with E-state index in [9.17, 15) is 32.8 Å². The minimum atomic E-state index is -4.84. The van der Waals surface area contributed by atoms with Crippen LogP contribution in [-0.4, -0.2) is 71.6 Å². The molecular formula is C28H40O10S. The number of hydrogen-bond acceptors (Lipinski definition) is 9. The third-order valence-corrected chi connectivity index (χ3v) is 12.7. The Labute approximate surface area is 229 Å². The van der Waals surface area contributed by atoms with Crippen molar-refractivity contribution < 1.29 is 46.4 Å². The predicted molar refractivity (Wildman–Crippen MR) is 136 cm³/mol. The summed E-state index contributed by atoms with van der Waals surface area (Å²) in [6, 6.07) is 0. The van der Waals surface area contributed by atoms with Crippen molar-refractivity contribution in [3.8, 4) is 0 Å². The molecule has 5 fully saturated rings. The van der Waals surface area contributed by atoms with Gasteiger partial charge in [0, 0.05) is 12.8 Å². The number of carbonyl (C=O) groups is 2. The number of Topliss-reactive ketones (excluding diaryl/α,β-unsaturated/α-hetero) is 1. The summed E-state index contributed by atoms with van der Waals surface area (Å²) < 4.78 is 48.7. The lowest BCUT2D eigenvalue weighted by Crippen LogP contribution is -2.68. The lowest BCUT2D eigenvalue weighted by molar-refractivity contribution is -0.178. The number of cyclic esters (lactones) is 1. The highest BCUT2D eigenvalue weighted by Gasteiger charge is 2.82. The second-order valence-electron chi connectivity index (χ2n) is 13.5. The lowest BCUT2D eigenvalue weighted by atomic mass is 9.43. The molecule has 0 aromatic rings. The number of aliphatic hydroxyl groups is 2. The minimum Gasteiger partial charge on any atom is -0.458 e. The maximum absolute atomic E-state index is 13.7. The number of aliphatic hydroxyl groups excluding tert-OH is 2. The van der Waals surface area contributed by atoms with Crippen LogP contribution in [0.3, 0.4) is 0 Å². The zero-order valence-electron chi connectivity index (χ0n) is 23.0. The van der Waals surface area contributed by atoms with Crippen molar-refractivity contribution in [2.24, 2.45) is 40.4 Å². The van der Waals surface area contributed by atoms with Gasteiger partial charge in [0.25, 0.3) is 0 Å². The van der Waals surface area contributed by atoms with Crippen LogP contribution >= 0.6 is 0 Å². The van der Waals surface area contributed by atoms with Gasteiger partial charge in [-0.25, -0.2) is 8.98 Å². The van der Waals surface area contributed by atoms with Crippen LogP contribution in [-0.2, 0) is 33.6 Å². The topological polar surface area (TPSA) is 160 Å². The van der Waals surface area contributed by atoms with Gasteiger partial charge in [-0.1, -0.05) is 19.4 Å². The van der Waals surface area contributed by atoms with Crippen molar-refractivity contribution in [3.63, 3.8) is 0 Å². The molecule has 1 spiro atoms. The van der Waals surface area contributed by atoms with Gasteiger partial charge in [-0.05, 0) is 81.0 Å². The second-order valence-corrected chi connectivity index (χ2v) is 14.5. The summed E-state index contributed by atoms with van der Waals surface area (Å²) in [5.41, 5.74) is -0.905. The predicted octanol–water partition coefficient (Wildman–Crippen LogP) is 2.37. The van der Waals surface area contributed by atoms with Crippen molar-refractivity contribution in [2.75, 3.05) is 6.61 Å². The van der Waals surface area contributed by atoms with E-state index in [0.29, 0.717) is 30.3 Å². The lowest BCUT2D eigenvalue weighted by Gasteiger charge is -2.59. The Morgan fingerprint density at radius 2 is 1.85 bits per heavy atom. The summed E-state index contributed by atoms with van der Waals surface area (Å²) >= 11 is 0. The van der Waals surface area contributed by atoms with Crippen molar-refractivity contribution in [2.45, 2.75) is 103 Å². The number of carbonyl (C=O) groups excluding carboxylic acids is 2. The first-order valence-corrected chi connectivity index (χ1v) is 15.6. The van der Waals surface area contributed by atoms with E-state index in [0.717, 1.165) is 31.3 Å². The maximum atomic E-state index is 13.7. The molecule has 0 aromatic carbocycles. The monoisotopic (exact) mass is 568 g/mol. The fraction of sp³-hybridized carbons (Fsp3) is 0.857. The minimum absolute atomic E-state index is 0.0000588. The molecule has 10 nitrogen and oxygen atoms in total. The number of ether oxygens (including phenoxy) is 2. The van der Waals surface area contributed by atoms with E-state index in [2.05, 4.69) is 13.8 Å². The largest absolute Gasteiger partial charge is 0.458 e. The van der Waals surface area contributed by atoms with E-state index in [4.69, 9.17) is 13.7 Å². The fourth-order valence-electron chi connectivity index (χ4n) is 10.3. The van der Waals surface area contributed by atoms with Gasteiger partial charge < -0.3 is 19.7 Å². The van der Waals surface area contributed by atoms with Crippen LogP contribution in [0.15, 0.2) is 11.1 Å². The maximum Gasteiger partial charge on any atom is 0.397 e. The summed E-state index contributed by atoms with van der Waals surface area (Å²) in [6.07, 6.45) is 1.40. The molecule has 218 valence electrons. The quantitative estimate of drug-likeness (QED) is 0.255. The molecule has 12 atom stereocenters. The van der Waals surface area contributed by atoms with Gasteiger partial charge in [-0.3, -0.25) is 9.35 Å². The molecule has 0 bridgehead atoms. The average molecular weight is 569 g/mol. The molecule has 39 heavy (non-hydrogen) atoms. The Bertz CT molecular complexity index is 1230. The van der Waals surface area contributed by atoms with E-state index in [1.807, 2.05) is 13.8 Å². The molecule has 6 aliphatic rings. The van der Waals surface area contributed by atoms with Gasteiger partial charge in [0.05, 0.1) is 23.7 Å². The summed E-state index contributed by atoms with van der Waals surface area (Å²) in [7, 11) is -4.84. The fourth-order valence-corrected chi connectivity index (χ4v) is 10.8. The van der Waals surface area contributed by atoms with E-state index >= 15 is 0 Å². The van der Waals surface area contributed by atoms with Crippen LogP contribution in [0.4, 0.5) is 0 Å². The summed E-state index contributed by atoms with van der Waals surface area (Å²) in [5, 5.41) is 20.8. The molecular weight excluding hydrogens is 528 g/mol. The molecule has 11 heteroatoms. The van der Waals surface area contributed by atoms with Gasteiger partial charge in [0.2, 0.25) is 0 Å². The molecule has 3 N–H and O–H groups in total. The van der Waals surface area contributed by atoms with E-state index in [1.54, 1.807) is 0 Å². The van der Waals surface area contributed by atoms with Crippen LogP contribution in [0.25, 0.3) is 0 Å². The van der Waals surface area contributed by atoms with Gasteiger partial charge in [0.15, 0.2) is 0 Å². The van der Waals surface area contributed by atoms with Gasteiger partial charge in [-0.15, -0.1) is 0 Å². The van der Waals surface area contributed by atoms with E-state index in [1.165, 1.54) is 0 Å². The van der Waals surface area contributed by atoms with Crippen LogP contribution in [0.2, 0.25) is 0 Å². The molecule has 0 radical (unpaired) electrons. The van der Waals surface area contributed by atoms with Gasteiger partial charge >= 0.3 is 16.4 Å². The molecule has 1 saturated heterocycles. The Morgan fingerprint density at radius 3 is 2.49 bits per heavy atom.